The van der Waals surface area contributed by atoms with Crippen LogP contribution in [0.4, 0.5) is 10.2 Å². The number of anilines is 1. The van der Waals surface area contributed by atoms with Gasteiger partial charge >= 0.3 is 0 Å². The van der Waals surface area contributed by atoms with Crippen LogP contribution < -0.4 is 5.32 Å². The minimum atomic E-state index is -0.351. The Hall–Kier alpha value is -3.12. The number of hydrogen-bond donors (Lipinski definition) is 2. The quantitative estimate of drug-likeness (QED) is 0.548. The van der Waals surface area contributed by atoms with Gasteiger partial charge in [-0.15, -0.1) is 5.10 Å². The van der Waals surface area contributed by atoms with Crippen LogP contribution in [0.5, 0.6) is 0 Å². The van der Waals surface area contributed by atoms with Gasteiger partial charge in [0.25, 0.3) is 0 Å². The summed E-state index contributed by atoms with van der Waals surface area (Å²) in [4.78, 5) is 17.2. The van der Waals surface area contributed by atoms with Crippen LogP contribution >= 0.6 is 11.8 Å². The van der Waals surface area contributed by atoms with E-state index in [4.69, 9.17) is 0 Å². The fourth-order valence-corrected chi connectivity index (χ4v) is 4.58. The number of rotatable bonds is 6. The lowest BCUT2D eigenvalue weighted by molar-refractivity contribution is -0.113. The standard InChI is InChI=1S/C22H23FN6OS/c1-13-14(2)29(17-9-7-16(23)8-10-17)21(18(13)11-24)25-19(30)12-31-22-26-20(27-28-22)15-5-3-4-6-15/h7-10,15H,3-6,12H2,1-2H3,(H,25,30)(H,26,27,28). The van der Waals surface area contributed by atoms with Crippen LogP contribution in [-0.4, -0.2) is 31.4 Å². The van der Waals surface area contributed by atoms with E-state index < -0.39 is 0 Å². The lowest BCUT2D eigenvalue weighted by atomic mass is 10.1. The molecule has 31 heavy (non-hydrogen) atoms. The Morgan fingerprint density at radius 2 is 2.03 bits per heavy atom. The van der Waals surface area contributed by atoms with Gasteiger partial charge in [-0.3, -0.25) is 14.5 Å². The minimum Gasteiger partial charge on any atom is -0.310 e. The zero-order valence-corrected chi connectivity index (χ0v) is 18.2. The molecule has 1 fully saturated rings. The second-order valence-electron chi connectivity index (χ2n) is 7.68. The topological polar surface area (TPSA) is 99.4 Å². The summed E-state index contributed by atoms with van der Waals surface area (Å²) in [5, 5.41) is 20.3. The molecule has 0 aliphatic heterocycles. The van der Waals surface area contributed by atoms with Crippen molar-refractivity contribution in [3.63, 3.8) is 0 Å². The maximum atomic E-state index is 13.4. The molecule has 1 saturated carbocycles. The molecule has 2 heterocycles. The number of nitrogens with one attached hydrogen (secondary N) is 2. The average molecular weight is 439 g/mol. The molecule has 0 saturated heterocycles. The van der Waals surface area contributed by atoms with Crippen molar-refractivity contribution >= 4 is 23.5 Å². The zero-order valence-electron chi connectivity index (χ0n) is 17.4. The van der Waals surface area contributed by atoms with Gasteiger partial charge in [-0.05, 0) is 56.5 Å². The molecule has 1 amide bonds. The molecule has 7 nitrogen and oxygen atoms in total. The Labute approximate surface area is 184 Å². The Balaban J connectivity index is 1.50. The number of aromatic amines is 1. The van der Waals surface area contributed by atoms with E-state index >= 15 is 0 Å². The third-order valence-electron chi connectivity index (χ3n) is 5.72. The van der Waals surface area contributed by atoms with Gasteiger partial charge in [0, 0.05) is 17.3 Å². The van der Waals surface area contributed by atoms with Gasteiger partial charge in [0.05, 0.1) is 11.3 Å². The molecule has 1 aromatic carbocycles. The number of carbonyl (C=O) groups is 1. The third-order valence-corrected chi connectivity index (χ3v) is 6.57. The van der Waals surface area contributed by atoms with Crippen LogP contribution in [0.3, 0.4) is 0 Å². The van der Waals surface area contributed by atoms with E-state index in [2.05, 4.69) is 26.6 Å². The highest BCUT2D eigenvalue weighted by Crippen LogP contribution is 2.33. The number of nitriles is 1. The maximum absolute atomic E-state index is 13.4. The van der Waals surface area contributed by atoms with Crippen molar-refractivity contribution in [2.75, 3.05) is 11.1 Å². The second-order valence-corrected chi connectivity index (χ2v) is 8.62. The Bertz CT molecular complexity index is 1140. The first kappa shape index (κ1) is 21.1. The van der Waals surface area contributed by atoms with Gasteiger partial charge in [-0.25, -0.2) is 9.37 Å². The molecule has 0 unspecified atom stereocenters. The molecular weight excluding hydrogens is 415 g/mol. The van der Waals surface area contributed by atoms with E-state index in [-0.39, 0.29) is 17.5 Å². The maximum Gasteiger partial charge on any atom is 0.236 e. The lowest BCUT2D eigenvalue weighted by Gasteiger charge is -2.13. The van der Waals surface area contributed by atoms with Crippen molar-refractivity contribution in [1.82, 2.24) is 19.7 Å². The monoisotopic (exact) mass is 438 g/mol. The summed E-state index contributed by atoms with van der Waals surface area (Å²) in [6.45, 7) is 3.69. The van der Waals surface area contributed by atoms with Crippen LogP contribution in [0.25, 0.3) is 5.69 Å². The average Bonchev–Trinajstić information content (AvgIpc) is 3.49. The lowest BCUT2D eigenvalue weighted by Crippen LogP contribution is -2.17. The molecule has 0 radical (unpaired) electrons. The predicted octanol–water partition coefficient (Wildman–Crippen LogP) is 4.61. The number of amides is 1. The Morgan fingerprint density at radius 3 is 2.71 bits per heavy atom. The summed E-state index contributed by atoms with van der Waals surface area (Å²) < 4.78 is 15.1. The largest absolute Gasteiger partial charge is 0.310 e. The first-order chi connectivity index (χ1) is 15.0. The molecule has 9 heteroatoms. The highest BCUT2D eigenvalue weighted by atomic mass is 32.2. The number of hydrogen-bond acceptors (Lipinski definition) is 5. The molecule has 160 valence electrons. The summed E-state index contributed by atoms with van der Waals surface area (Å²) in [6.07, 6.45) is 4.67. The third kappa shape index (κ3) is 4.35. The van der Waals surface area contributed by atoms with Crippen molar-refractivity contribution in [2.24, 2.45) is 0 Å². The molecule has 4 rings (SSSR count). The number of nitrogens with zero attached hydrogens (tertiary/aromatic N) is 4. The van der Waals surface area contributed by atoms with Crippen LogP contribution in [0.1, 0.15) is 54.2 Å². The van der Waals surface area contributed by atoms with E-state index in [1.165, 1.54) is 36.7 Å². The zero-order chi connectivity index (χ0) is 22.0. The van der Waals surface area contributed by atoms with Crippen molar-refractivity contribution < 1.29 is 9.18 Å². The number of aromatic nitrogens is 4. The molecule has 3 aromatic rings. The van der Waals surface area contributed by atoms with E-state index in [1.54, 1.807) is 16.7 Å². The smallest absolute Gasteiger partial charge is 0.236 e. The second kappa shape index (κ2) is 8.94. The Kier molecular flexibility index (Phi) is 6.09. The molecular formula is C22H23FN6OS. The molecule has 0 spiro atoms. The summed E-state index contributed by atoms with van der Waals surface area (Å²) >= 11 is 1.25. The fraction of sp³-hybridized carbons (Fsp3) is 0.364. The molecule has 2 aromatic heterocycles. The number of halogens is 1. The van der Waals surface area contributed by atoms with Crippen molar-refractivity contribution in [3.8, 4) is 11.8 Å². The Morgan fingerprint density at radius 1 is 1.32 bits per heavy atom. The first-order valence-electron chi connectivity index (χ1n) is 10.2. The van der Waals surface area contributed by atoms with Gasteiger partial charge in [0.1, 0.15) is 23.5 Å². The van der Waals surface area contributed by atoms with E-state index in [0.29, 0.717) is 28.1 Å². The van der Waals surface area contributed by atoms with Crippen molar-refractivity contribution in [2.45, 2.75) is 50.6 Å². The first-order valence-corrected chi connectivity index (χ1v) is 11.2. The number of carbonyl (C=O) groups excluding carboxylic acids is 1. The number of thioether (sulfide) groups is 1. The molecule has 0 atom stereocenters. The normalized spacial score (nSPS) is 14.0. The van der Waals surface area contributed by atoms with E-state index in [0.717, 1.165) is 29.9 Å². The highest BCUT2D eigenvalue weighted by Gasteiger charge is 2.23. The molecule has 2 N–H and O–H groups in total. The minimum absolute atomic E-state index is 0.111. The number of H-pyrrole nitrogens is 1. The van der Waals surface area contributed by atoms with E-state index in [9.17, 15) is 14.4 Å². The fourth-order valence-electron chi connectivity index (χ4n) is 3.98. The van der Waals surface area contributed by atoms with Crippen molar-refractivity contribution in [3.05, 3.63) is 52.7 Å². The van der Waals surface area contributed by atoms with Gasteiger partial charge in [-0.2, -0.15) is 5.26 Å². The van der Waals surface area contributed by atoms with Crippen LogP contribution in [0.2, 0.25) is 0 Å². The van der Waals surface area contributed by atoms with Crippen LogP contribution in [-0.2, 0) is 4.79 Å². The van der Waals surface area contributed by atoms with Gasteiger partial charge in [0.2, 0.25) is 11.1 Å². The van der Waals surface area contributed by atoms with Crippen LogP contribution in [0, 0.1) is 31.0 Å². The van der Waals surface area contributed by atoms with Gasteiger partial charge in [-0.1, -0.05) is 24.6 Å². The van der Waals surface area contributed by atoms with Gasteiger partial charge in [0.15, 0.2) is 0 Å². The SMILES string of the molecule is Cc1c(C#N)c(NC(=O)CSc2n[nH]c(C3CCCC3)n2)n(-c2ccc(F)cc2)c1C. The summed E-state index contributed by atoms with van der Waals surface area (Å²) in [5.74, 6) is 1.20. The van der Waals surface area contributed by atoms with E-state index in [1.807, 2.05) is 13.8 Å². The molecule has 1 aliphatic rings. The molecule has 1 aliphatic carbocycles. The van der Waals surface area contributed by atoms with Gasteiger partial charge < -0.3 is 5.32 Å². The summed E-state index contributed by atoms with van der Waals surface area (Å²) in [6, 6.07) is 8.11. The summed E-state index contributed by atoms with van der Waals surface area (Å²) in [7, 11) is 0. The highest BCUT2D eigenvalue weighted by molar-refractivity contribution is 7.99. The van der Waals surface area contributed by atoms with Crippen molar-refractivity contribution in [1.29, 1.82) is 5.26 Å². The predicted molar refractivity (Wildman–Crippen MR) is 117 cm³/mol. The summed E-state index contributed by atoms with van der Waals surface area (Å²) in [5.41, 5.74) is 2.63. The van der Waals surface area contributed by atoms with Crippen LogP contribution in [0.15, 0.2) is 29.4 Å². The number of benzene rings is 1. The molecule has 0 bridgehead atoms.